The third-order valence-electron chi connectivity index (χ3n) is 4.03. The minimum absolute atomic E-state index is 0.609. The number of rotatable bonds is 3. The first-order valence-electron chi connectivity index (χ1n) is 7.17. The number of aromatic nitrogens is 1. The van der Waals surface area contributed by atoms with Gasteiger partial charge in [-0.05, 0) is 37.0 Å². The summed E-state index contributed by atoms with van der Waals surface area (Å²) in [5.41, 5.74) is 8.04. The number of benzene rings is 1. The Balaban J connectivity index is 1.87. The van der Waals surface area contributed by atoms with E-state index in [4.69, 9.17) is 10.5 Å². The molecule has 4 heteroatoms. The van der Waals surface area contributed by atoms with Crippen LogP contribution in [-0.2, 0) is 4.74 Å². The van der Waals surface area contributed by atoms with E-state index in [9.17, 15) is 0 Å². The molecule has 20 heavy (non-hydrogen) atoms. The first-order chi connectivity index (χ1) is 9.75. The van der Waals surface area contributed by atoms with Crippen molar-refractivity contribution < 1.29 is 4.74 Å². The van der Waals surface area contributed by atoms with E-state index in [2.05, 4.69) is 23.0 Å². The molecule has 106 valence electrons. The van der Waals surface area contributed by atoms with Crippen LogP contribution < -0.4 is 10.6 Å². The fraction of sp³-hybridized carbons (Fsp3) is 0.438. The van der Waals surface area contributed by atoms with Gasteiger partial charge in [-0.2, -0.15) is 0 Å². The summed E-state index contributed by atoms with van der Waals surface area (Å²) in [4.78, 5) is 6.53. The minimum Gasteiger partial charge on any atom is -0.398 e. The maximum atomic E-state index is 6.04. The van der Waals surface area contributed by atoms with Crippen LogP contribution in [0.4, 0.5) is 11.4 Å². The molecule has 1 aromatic heterocycles. The lowest BCUT2D eigenvalue weighted by Gasteiger charge is -2.29. The van der Waals surface area contributed by atoms with Crippen LogP contribution in [0.15, 0.2) is 30.6 Å². The average molecular weight is 271 g/mol. The fourth-order valence-electron chi connectivity index (χ4n) is 2.97. The molecule has 2 aromatic rings. The van der Waals surface area contributed by atoms with E-state index in [0.29, 0.717) is 5.92 Å². The highest BCUT2D eigenvalue weighted by Crippen LogP contribution is 2.30. The van der Waals surface area contributed by atoms with Gasteiger partial charge in [0, 0.05) is 54.7 Å². The Morgan fingerprint density at radius 3 is 3.05 bits per heavy atom. The molecule has 1 aromatic carbocycles. The molecule has 0 amide bonds. The Kier molecular flexibility index (Phi) is 3.74. The molecule has 1 aliphatic rings. The molecular weight excluding hydrogens is 250 g/mol. The fourth-order valence-corrected chi connectivity index (χ4v) is 2.97. The summed E-state index contributed by atoms with van der Waals surface area (Å²) >= 11 is 0. The third kappa shape index (κ3) is 2.56. The summed E-state index contributed by atoms with van der Waals surface area (Å²) in [6.07, 6.45) is 6.10. The molecule has 1 fully saturated rings. The van der Waals surface area contributed by atoms with Crippen molar-refractivity contribution in [3.63, 3.8) is 0 Å². The summed E-state index contributed by atoms with van der Waals surface area (Å²) in [6.45, 7) is 2.79. The first-order valence-corrected chi connectivity index (χ1v) is 7.17. The number of hydrogen-bond acceptors (Lipinski definition) is 4. The van der Waals surface area contributed by atoms with E-state index in [1.807, 2.05) is 18.3 Å². The molecule has 0 aliphatic carbocycles. The second-order valence-corrected chi connectivity index (χ2v) is 5.56. The van der Waals surface area contributed by atoms with Gasteiger partial charge in [-0.15, -0.1) is 0 Å². The Hall–Kier alpha value is -1.81. The van der Waals surface area contributed by atoms with Gasteiger partial charge in [-0.1, -0.05) is 0 Å². The predicted octanol–water partition coefficient (Wildman–Crippen LogP) is 2.68. The highest BCUT2D eigenvalue weighted by Gasteiger charge is 2.17. The largest absolute Gasteiger partial charge is 0.398 e. The van der Waals surface area contributed by atoms with Crippen molar-refractivity contribution in [2.24, 2.45) is 5.92 Å². The van der Waals surface area contributed by atoms with Crippen molar-refractivity contribution in [3.8, 4) is 0 Å². The highest BCUT2D eigenvalue weighted by molar-refractivity contribution is 6.00. The molecule has 0 radical (unpaired) electrons. The SMILES string of the molecule is CN(CC1CCCOC1)c1ccc(N)c2ccncc12. The molecular formula is C16H21N3O. The molecule has 1 aliphatic heterocycles. The Labute approximate surface area is 119 Å². The molecule has 3 rings (SSSR count). The van der Waals surface area contributed by atoms with E-state index in [1.165, 1.54) is 18.5 Å². The van der Waals surface area contributed by atoms with Crippen LogP contribution in [-0.4, -0.2) is 31.8 Å². The summed E-state index contributed by atoms with van der Waals surface area (Å²) < 4.78 is 5.57. The lowest BCUT2D eigenvalue weighted by molar-refractivity contribution is 0.0576. The van der Waals surface area contributed by atoms with E-state index in [-0.39, 0.29) is 0 Å². The number of nitrogen functional groups attached to an aromatic ring is 1. The number of pyridine rings is 1. The average Bonchev–Trinajstić information content (AvgIpc) is 2.49. The van der Waals surface area contributed by atoms with Crippen LogP contribution in [0.5, 0.6) is 0 Å². The van der Waals surface area contributed by atoms with Crippen LogP contribution in [0.2, 0.25) is 0 Å². The zero-order chi connectivity index (χ0) is 13.9. The Bertz CT molecular complexity index is 593. The van der Waals surface area contributed by atoms with Crippen molar-refractivity contribution in [1.29, 1.82) is 0 Å². The van der Waals surface area contributed by atoms with Crippen LogP contribution in [0.3, 0.4) is 0 Å². The van der Waals surface area contributed by atoms with Gasteiger partial charge in [0.15, 0.2) is 0 Å². The Morgan fingerprint density at radius 2 is 2.25 bits per heavy atom. The van der Waals surface area contributed by atoms with Crippen molar-refractivity contribution in [2.75, 3.05) is 37.4 Å². The zero-order valence-corrected chi connectivity index (χ0v) is 11.9. The molecule has 2 heterocycles. The smallest absolute Gasteiger partial charge is 0.0511 e. The predicted molar refractivity (Wildman–Crippen MR) is 83.0 cm³/mol. The molecule has 4 nitrogen and oxygen atoms in total. The van der Waals surface area contributed by atoms with Gasteiger partial charge in [0.2, 0.25) is 0 Å². The van der Waals surface area contributed by atoms with Gasteiger partial charge >= 0.3 is 0 Å². The lowest BCUT2D eigenvalue weighted by Crippen LogP contribution is -2.30. The molecule has 2 N–H and O–H groups in total. The molecule has 1 saturated heterocycles. The van der Waals surface area contributed by atoms with Gasteiger partial charge in [-0.25, -0.2) is 0 Å². The highest BCUT2D eigenvalue weighted by atomic mass is 16.5. The maximum Gasteiger partial charge on any atom is 0.0511 e. The number of hydrogen-bond donors (Lipinski definition) is 1. The van der Waals surface area contributed by atoms with Crippen molar-refractivity contribution >= 4 is 22.1 Å². The van der Waals surface area contributed by atoms with Crippen LogP contribution >= 0.6 is 0 Å². The lowest BCUT2D eigenvalue weighted by atomic mass is 10.0. The van der Waals surface area contributed by atoms with E-state index >= 15 is 0 Å². The number of anilines is 2. The first kappa shape index (κ1) is 13.2. The molecule has 0 bridgehead atoms. The van der Waals surface area contributed by atoms with Crippen LogP contribution in [0, 0.1) is 5.92 Å². The number of fused-ring (bicyclic) bond motifs is 1. The van der Waals surface area contributed by atoms with Crippen molar-refractivity contribution in [3.05, 3.63) is 30.6 Å². The molecule has 1 unspecified atom stereocenters. The maximum absolute atomic E-state index is 6.04. The summed E-state index contributed by atoms with van der Waals surface area (Å²) in [7, 11) is 2.13. The summed E-state index contributed by atoms with van der Waals surface area (Å²) in [5, 5.41) is 2.19. The molecule has 1 atom stereocenters. The second-order valence-electron chi connectivity index (χ2n) is 5.56. The third-order valence-corrected chi connectivity index (χ3v) is 4.03. The minimum atomic E-state index is 0.609. The van der Waals surface area contributed by atoms with Crippen LogP contribution in [0.1, 0.15) is 12.8 Å². The Morgan fingerprint density at radius 1 is 1.35 bits per heavy atom. The van der Waals surface area contributed by atoms with Gasteiger partial charge < -0.3 is 15.4 Å². The van der Waals surface area contributed by atoms with Gasteiger partial charge in [0.05, 0.1) is 6.61 Å². The van der Waals surface area contributed by atoms with Gasteiger partial charge in [0.1, 0.15) is 0 Å². The topological polar surface area (TPSA) is 51.4 Å². The van der Waals surface area contributed by atoms with E-state index < -0.39 is 0 Å². The molecule has 0 saturated carbocycles. The summed E-state index contributed by atoms with van der Waals surface area (Å²) in [6, 6.07) is 6.04. The standard InChI is InChI=1S/C16H21N3O/c1-19(10-12-3-2-8-20-11-12)16-5-4-15(17)13-6-7-18-9-14(13)16/h4-7,9,12H,2-3,8,10-11,17H2,1H3. The van der Waals surface area contributed by atoms with Gasteiger partial charge in [-0.3, -0.25) is 4.98 Å². The van der Waals surface area contributed by atoms with Crippen molar-refractivity contribution in [2.45, 2.75) is 12.8 Å². The normalized spacial score (nSPS) is 19.1. The second kappa shape index (κ2) is 5.67. The number of nitrogens with two attached hydrogens (primary N) is 1. The van der Waals surface area contributed by atoms with Crippen LogP contribution in [0.25, 0.3) is 10.8 Å². The number of ether oxygens (including phenoxy) is 1. The monoisotopic (exact) mass is 271 g/mol. The number of nitrogens with zero attached hydrogens (tertiary/aromatic N) is 2. The van der Waals surface area contributed by atoms with Gasteiger partial charge in [0.25, 0.3) is 0 Å². The zero-order valence-electron chi connectivity index (χ0n) is 11.9. The van der Waals surface area contributed by atoms with E-state index in [1.54, 1.807) is 6.20 Å². The summed E-state index contributed by atoms with van der Waals surface area (Å²) in [5.74, 6) is 0.609. The van der Waals surface area contributed by atoms with E-state index in [0.717, 1.165) is 36.2 Å². The van der Waals surface area contributed by atoms with Crippen molar-refractivity contribution in [1.82, 2.24) is 4.98 Å². The molecule has 0 spiro atoms. The quantitative estimate of drug-likeness (QED) is 0.872.